The summed E-state index contributed by atoms with van der Waals surface area (Å²) in [5.41, 5.74) is 0.884. The predicted molar refractivity (Wildman–Crippen MR) is 98.1 cm³/mol. The van der Waals surface area contributed by atoms with E-state index in [1.54, 1.807) is 25.1 Å². The third-order valence-electron chi connectivity index (χ3n) is 3.40. The molecule has 0 aromatic heterocycles. The summed E-state index contributed by atoms with van der Waals surface area (Å²) in [6.45, 7) is 8.23. The fraction of sp³-hybridized carbons (Fsp3) is 0.556. The van der Waals surface area contributed by atoms with E-state index in [1.165, 1.54) is 0 Å². The Kier molecular flexibility index (Phi) is 9.13. The quantitative estimate of drug-likeness (QED) is 0.699. The molecule has 0 aliphatic heterocycles. The lowest BCUT2D eigenvalue weighted by molar-refractivity contribution is -0.123. The Morgan fingerprint density at radius 3 is 2.60 bits per heavy atom. The van der Waals surface area contributed by atoms with Crippen LogP contribution in [0.4, 0.5) is 4.79 Å². The van der Waals surface area contributed by atoms with Crippen molar-refractivity contribution in [2.75, 3.05) is 19.8 Å². The molecule has 0 heterocycles. The van der Waals surface area contributed by atoms with Gasteiger partial charge in [0.25, 0.3) is 5.91 Å². The summed E-state index contributed by atoms with van der Waals surface area (Å²) < 4.78 is 10.3. The van der Waals surface area contributed by atoms with Crippen LogP contribution in [0.3, 0.4) is 0 Å². The highest BCUT2D eigenvalue weighted by Crippen LogP contribution is 2.20. The van der Waals surface area contributed by atoms with Crippen LogP contribution in [0.15, 0.2) is 18.2 Å². The summed E-state index contributed by atoms with van der Waals surface area (Å²) in [5, 5.41) is 6.18. The highest BCUT2D eigenvalue weighted by atomic mass is 35.5. The van der Waals surface area contributed by atoms with Gasteiger partial charge >= 0.3 is 6.09 Å². The number of hydrogen-bond acceptors (Lipinski definition) is 4. The van der Waals surface area contributed by atoms with Crippen molar-refractivity contribution in [2.45, 2.75) is 40.2 Å². The second-order valence-electron chi connectivity index (χ2n) is 6.20. The molecule has 0 bridgehead atoms. The van der Waals surface area contributed by atoms with E-state index in [0.29, 0.717) is 29.8 Å². The molecule has 0 saturated carbocycles. The highest BCUT2D eigenvalue weighted by Gasteiger charge is 2.16. The second-order valence-corrected chi connectivity index (χ2v) is 6.60. The zero-order chi connectivity index (χ0) is 18.8. The first kappa shape index (κ1) is 21.1. The van der Waals surface area contributed by atoms with Crippen molar-refractivity contribution < 1.29 is 19.1 Å². The van der Waals surface area contributed by atoms with Gasteiger partial charge in [0.15, 0.2) is 6.61 Å². The van der Waals surface area contributed by atoms with Gasteiger partial charge in [-0.15, -0.1) is 0 Å². The SMILES string of the molecule is CCOC(=O)NC(CNC(=O)COc1ccc(Cl)c(C)c1)CC(C)C. The van der Waals surface area contributed by atoms with Crippen LogP contribution < -0.4 is 15.4 Å². The largest absolute Gasteiger partial charge is 0.484 e. The Morgan fingerprint density at radius 1 is 1.28 bits per heavy atom. The second kappa shape index (κ2) is 10.8. The van der Waals surface area contributed by atoms with E-state index >= 15 is 0 Å². The summed E-state index contributed by atoms with van der Waals surface area (Å²) in [6.07, 6.45) is 0.256. The molecule has 0 aliphatic rings. The van der Waals surface area contributed by atoms with Gasteiger partial charge in [-0.1, -0.05) is 25.4 Å². The Hall–Kier alpha value is -1.95. The van der Waals surface area contributed by atoms with E-state index in [2.05, 4.69) is 10.6 Å². The smallest absolute Gasteiger partial charge is 0.407 e. The van der Waals surface area contributed by atoms with Crippen molar-refractivity contribution >= 4 is 23.6 Å². The van der Waals surface area contributed by atoms with Gasteiger partial charge < -0.3 is 20.1 Å². The van der Waals surface area contributed by atoms with Gasteiger partial charge in [-0.25, -0.2) is 4.79 Å². The first-order valence-corrected chi connectivity index (χ1v) is 8.78. The van der Waals surface area contributed by atoms with Crippen molar-refractivity contribution in [1.82, 2.24) is 10.6 Å². The Labute approximate surface area is 154 Å². The minimum Gasteiger partial charge on any atom is -0.484 e. The van der Waals surface area contributed by atoms with Crippen molar-refractivity contribution in [1.29, 1.82) is 0 Å². The molecule has 25 heavy (non-hydrogen) atoms. The van der Waals surface area contributed by atoms with Crippen LogP contribution in [0.5, 0.6) is 5.75 Å². The summed E-state index contributed by atoms with van der Waals surface area (Å²) in [6, 6.07) is 5.03. The van der Waals surface area contributed by atoms with Gasteiger partial charge in [0.1, 0.15) is 5.75 Å². The maximum atomic E-state index is 12.0. The van der Waals surface area contributed by atoms with E-state index in [-0.39, 0.29) is 18.6 Å². The molecule has 0 radical (unpaired) electrons. The maximum absolute atomic E-state index is 12.0. The summed E-state index contributed by atoms with van der Waals surface area (Å²) in [4.78, 5) is 23.5. The summed E-state index contributed by atoms with van der Waals surface area (Å²) >= 11 is 5.95. The number of carbonyl (C=O) groups excluding carboxylic acids is 2. The normalized spacial score (nSPS) is 11.8. The number of carbonyl (C=O) groups is 2. The number of ether oxygens (including phenoxy) is 2. The fourth-order valence-electron chi connectivity index (χ4n) is 2.25. The number of benzene rings is 1. The standard InChI is InChI=1S/C18H27ClN2O4/c1-5-24-18(23)21-14(8-12(2)3)10-20-17(22)11-25-15-6-7-16(19)13(4)9-15/h6-7,9,12,14H,5,8,10-11H2,1-4H3,(H,20,22)(H,21,23). The zero-order valence-electron chi connectivity index (χ0n) is 15.2. The molecule has 1 aromatic carbocycles. The molecule has 2 amide bonds. The van der Waals surface area contributed by atoms with Crippen LogP contribution in [0.25, 0.3) is 0 Å². The van der Waals surface area contributed by atoms with Crippen LogP contribution in [0.2, 0.25) is 5.02 Å². The number of aryl methyl sites for hydroxylation is 1. The number of alkyl carbamates (subject to hydrolysis) is 1. The monoisotopic (exact) mass is 370 g/mol. The predicted octanol–water partition coefficient (Wildman–Crippen LogP) is 3.30. The Morgan fingerprint density at radius 2 is 2.00 bits per heavy atom. The van der Waals surface area contributed by atoms with Crippen LogP contribution in [-0.2, 0) is 9.53 Å². The number of nitrogens with one attached hydrogen (secondary N) is 2. The maximum Gasteiger partial charge on any atom is 0.407 e. The lowest BCUT2D eigenvalue weighted by Crippen LogP contribution is -2.45. The molecule has 1 unspecified atom stereocenters. The summed E-state index contributed by atoms with van der Waals surface area (Å²) in [7, 11) is 0. The van der Waals surface area contributed by atoms with E-state index in [9.17, 15) is 9.59 Å². The van der Waals surface area contributed by atoms with Gasteiger partial charge in [0, 0.05) is 17.6 Å². The zero-order valence-corrected chi connectivity index (χ0v) is 16.0. The molecular weight excluding hydrogens is 344 g/mol. The molecule has 0 fully saturated rings. The van der Waals surface area contributed by atoms with Crippen LogP contribution in [0, 0.1) is 12.8 Å². The average molecular weight is 371 g/mol. The number of halogens is 1. The highest BCUT2D eigenvalue weighted by molar-refractivity contribution is 6.31. The molecule has 6 nitrogen and oxygen atoms in total. The van der Waals surface area contributed by atoms with Crippen LogP contribution in [-0.4, -0.2) is 37.8 Å². The van der Waals surface area contributed by atoms with Gasteiger partial charge in [-0.3, -0.25) is 4.79 Å². The van der Waals surface area contributed by atoms with Gasteiger partial charge in [0.05, 0.1) is 6.61 Å². The average Bonchev–Trinajstić information content (AvgIpc) is 2.53. The molecule has 0 spiro atoms. The molecule has 1 aromatic rings. The first-order valence-electron chi connectivity index (χ1n) is 8.40. The van der Waals surface area contributed by atoms with Crippen molar-refractivity contribution in [3.05, 3.63) is 28.8 Å². The summed E-state index contributed by atoms with van der Waals surface area (Å²) in [5.74, 6) is 0.699. The third-order valence-corrected chi connectivity index (χ3v) is 3.82. The fourth-order valence-corrected chi connectivity index (χ4v) is 2.36. The molecule has 0 saturated heterocycles. The number of hydrogen-bond donors (Lipinski definition) is 2. The molecule has 1 rings (SSSR count). The Bertz CT molecular complexity index is 578. The van der Waals surface area contributed by atoms with E-state index in [1.807, 2.05) is 20.8 Å². The molecular formula is C18H27ClN2O4. The first-order chi connectivity index (χ1) is 11.8. The van der Waals surface area contributed by atoms with Gasteiger partial charge in [-0.2, -0.15) is 0 Å². The van der Waals surface area contributed by atoms with E-state index < -0.39 is 6.09 Å². The number of rotatable bonds is 9. The molecule has 2 N–H and O–H groups in total. The van der Waals surface area contributed by atoms with Gasteiger partial charge in [0.2, 0.25) is 0 Å². The molecule has 140 valence electrons. The third kappa shape index (κ3) is 8.63. The Balaban J connectivity index is 2.44. The molecule has 1 atom stereocenters. The van der Waals surface area contributed by atoms with E-state index in [0.717, 1.165) is 12.0 Å². The topological polar surface area (TPSA) is 76.7 Å². The van der Waals surface area contributed by atoms with E-state index in [4.69, 9.17) is 21.1 Å². The molecule has 7 heteroatoms. The minimum absolute atomic E-state index is 0.102. The van der Waals surface area contributed by atoms with Crippen molar-refractivity contribution in [2.24, 2.45) is 5.92 Å². The molecule has 0 aliphatic carbocycles. The minimum atomic E-state index is -0.477. The van der Waals surface area contributed by atoms with Gasteiger partial charge in [-0.05, 0) is 49.9 Å². The lowest BCUT2D eigenvalue weighted by atomic mass is 10.0. The van der Waals surface area contributed by atoms with Crippen molar-refractivity contribution in [3.63, 3.8) is 0 Å². The van der Waals surface area contributed by atoms with Crippen molar-refractivity contribution in [3.8, 4) is 5.75 Å². The van der Waals surface area contributed by atoms with Crippen LogP contribution >= 0.6 is 11.6 Å². The lowest BCUT2D eigenvalue weighted by Gasteiger charge is -2.20. The number of amides is 2. The van der Waals surface area contributed by atoms with Crippen LogP contribution in [0.1, 0.15) is 32.8 Å².